The van der Waals surface area contributed by atoms with Crippen LogP contribution in [0.25, 0.3) is 0 Å². The van der Waals surface area contributed by atoms with E-state index in [0.29, 0.717) is 10.8 Å². The van der Waals surface area contributed by atoms with Crippen LogP contribution < -0.4 is 11.1 Å². The van der Waals surface area contributed by atoms with Crippen LogP contribution in [-0.2, 0) is 11.8 Å². The van der Waals surface area contributed by atoms with E-state index in [-0.39, 0.29) is 11.6 Å². The van der Waals surface area contributed by atoms with Gasteiger partial charge in [0.15, 0.2) is 0 Å². The number of aromatic nitrogens is 4. The highest BCUT2D eigenvalue weighted by atomic mass is 32.2. The number of anilines is 2. The number of carbonyl (C=O) groups is 1. The highest BCUT2D eigenvalue weighted by Crippen LogP contribution is 2.23. The third-order valence-corrected chi connectivity index (χ3v) is 3.63. The first-order valence-electron chi connectivity index (χ1n) is 5.72. The Balaban J connectivity index is 2.02. The van der Waals surface area contributed by atoms with E-state index >= 15 is 0 Å². The highest BCUT2D eigenvalue weighted by molar-refractivity contribution is 8.00. The van der Waals surface area contributed by atoms with E-state index in [2.05, 4.69) is 20.8 Å². The van der Waals surface area contributed by atoms with Crippen molar-refractivity contribution >= 4 is 29.0 Å². The summed E-state index contributed by atoms with van der Waals surface area (Å²) in [5.41, 5.74) is 6.18. The fourth-order valence-electron chi connectivity index (χ4n) is 1.41. The Hall–Kier alpha value is -2.16. The Bertz CT molecular complexity index is 631. The van der Waals surface area contributed by atoms with Crippen molar-refractivity contribution in [3.8, 4) is 0 Å². The maximum atomic E-state index is 12.9. The Kier molecular flexibility index (Phi) is 4.18. The van der Waals surface area contributed by atoms with E-state index in [0.717, 1.165) is 6.07 Å². The molecule has 0 saturated carbocycles. The van der Waals surface area contributed by atoms with Crippen molar-refractivity contribution in [2.24, 2.45) is 7.05 Å². The first-order valence-corrected chi connectivity index (χ1v) is 6.60. The topological polar surface area (TPSA) is 98.7 Å². The Labute approximate surface area is 118 Å². The standard InChI is InChI=1S/C11H13FN6OS/c1-6(20-11-15-16-17-18(11)2)10(19)14-9-4-3-7(12)5-8(9)13/h3-6H,13H2,1-2H3,(H,14,19). The van der Waals surface area contributed by atoms with Gasteiger partial charge < -0.3 is 11.1 Å². The van der Waals surface area contributed by atoms with E-state index in [4.69, 9.17) is 5.73 Å². The second kappa shape index (κ2) is 5.87. The number of hydrogen-bond acceptors (Lipinski definition) is 6. The molecule has 2 aromatic rings. The van der Waals surface area contributed by atoms with Gasteiger partial charge in [0.2, 0.25) is 11.1 Å². The number of rotatable bonds is 4. The van der Waals surface area contributed by atoms with Crippen LogP contribution in [0.4, 0.5) is 15.8 Å². The molecule has 7 nitrogen and oxygen atoms in total. The second-order valence-electron chi connectivity index (χ2n) is 4.07. The number of thioether (sulfide) groups is 1. The number of nitrogens with two attached hydrogens (primary N) is 1. The summed E-state index contributed by atoms with van der Waals surface area (Å²) in [7, 11) is 1.69. The number of halogens is 1. The van der Waals surface area contributed by atoms with Crippen molar-refractivity contribution in [2.75, 3.05) is 11.1 Å². The van der Waals surface area contributed by atoms with Crippen molar-refractivity contribution in [3.05, 3.63) is 24.0 Å². The molecule has 0 fully saturated rings. The molecule has 1 aromatic heterocycles. The van der Waals surface area contributed by atoms with Crippen LogP contribution >= 0.6 is 11.8 Å². The van der Waals surface area contributed by atoms with E-state index in [1.807, 2.05) is 0 Å². The van der Waals surface area contributed by atoms with Gasteiger partial charge in [0.05, 0.1) is 16.6 Å². The van der Waals surface area contributed by atoms with Crippen molar-refractivity contribution in [3.63, 3.8) is 0 Å². The lowest BCUT2D eigenvalue weighted by molar-refractivity contribution is -0.115. The summed E-state index contributed by atoms with van der Waals surface area (Å²) < 4.78 is 14.4. The van der Waals surface area contributed by atoms with Crippen LogP contribution in [0.15, 0.2) is 23.4 Å². The van der Waals surface area contributed by atoms with Gasteiger partial charge in [-0.25, -0.2) is 9.07 Å². The molecule has 1 unspecified atom stereocenters. The van der Waals surface area contributed by atoms with Crippen LogP contribution in [0.1, 0.15) is 6.92 Å². The van der Waals surface area contributed by atoms with Crippen molar-refractivity contribution < 1.29 is 9.18 Å². The summed E-state index contributed by atoms with van der Waals surface area (Å²) in [6, 6.07) is 3.81. The average Bonchev–Trinajstić information content (AvgIpc) is 2.78. The minimum Gasteiger partial charge on any atom is -0.397 e. The van der Waals surface area contributed by atoms with Gasteiger partial charge in [-0.3, -0.25) is 4.79 Å². The molecule has 9 heteroatoms. The Morgan fingerprint density at radius 1 is 1.55 bits per heavy atom. The molecule has 1 aromatic carbocycles. The first-order chi connectivity index (χ1) is 9.47. The Morgan fingerprint density at radius 2 is 2.30 bits per heavy atom. The zero-order valence-electron chi connectivity index (χ0n) is 10.9. The third kappa shape index (κ3) is 3.23. The van der Waals surface area contributed by atoms with Gasteiger partial charge in [0, 0.05) is 7.05 Å². The number of nitrogen functional groups attached to an aromatic ring is 1. The van der Waals surface area contributed by atoms with E-state index in [9.17, 15) is 9.18 Å². The zero-order valence-corrected chi connectivity index (χ0v) is 11.7. The monoisotopic (exact) mass is 296 g/mol. The molecule has 1 amide bonds. The van der Waals surface area contributed by atoms with Gasteiger partial charge in [-0.15, -0.1) is 5.10 Å². The molecule has 1 atom stereocenters. The minimum absolute atomic E-state index is 0.177. The normalized spacial score (nSPS) is 12.2. The van der Waals surface area contributed by atoms with Crippen LogP contribution in [0.5, 0.6) is 0 Å². The number of nitrogens with one attached hydrogen (secondary N) is 1. The van der Waals surface area contributed by atoms with E-state index in [1.54, 1.807) is 14.0 Å². The molecule has 0 aliphatic rings. The lowest BCUT2D eigenvalue weighted by Gasteiger charge is -2.12. The van der Waals surface area contributed by atoms with Gasteiger partial charge >= 0.3 is 0 Å². The molecular weight excluding hydrogens is 283 g/mol. The fourth-order valence-corrected chi connectivity index (χ4v) is 2.17. The predicted octanol–water partition coefficient (Wildman–Crippen LogP) is 1.05. The molecule has 0 aliphatic carbocycles. The maximum absolute atomic E-state index is 12.9. The van der Waals surface area contributed by atoms with Gasteiger partial charge in [-0.1, -0.05) is 11.8 Å². The lowest BCUT2D eigenvalue weighted by atomic mass is 10.2. The number of carbonyl (C=O) groups excluding carboxylic acids is 1. The highest BCUT2D eigenvalue weighted by Gasteiger charge is 2.18. The molecule has 0 spiro atoms. The van der Waals surface area contributed by atoms with Crippen LogP contribution in [0.2, 0.25) is 0 Å². The molecule has 1 heterocycles. The number of tetrazole rings is 1. The van der Waals surface area contributed by atoms with Gasteiger partial charge in [-0.2, -0.15) is 0 Å². The molecule has 0 aliphatic heterocycles. The summed E-state index contributed by atoms with van der Waals surface area (Å²) in [6.45, 7) is 1.72. The molecule has 3 N–H and O–H groups in total. The van der Waals surface area contributed by atoms with Crippen molar-refractivity contribution in [1.29, 1.82) is 0 Å². The van der Waals surface area contributed by atoms with Crippen LogP contribution in [0, 0.1) is 5.82 Å². The van der Waals surface area contributed by atoms with E-state index in [1.165, 1.54) is 28.6 Å². The number of benzene rings is 1. The molecule has 0 saturated heterocycles. The van der Waals surface area contributed by atoms with Crippen molar-refractivity contribution in [2.45, 2.75) is 17.3 Å². The van der Waals surface area contributed by atoms with Gasteiger partial charge in [0.1, 0.15) is 5.82 Å². The second-order valence-corrected chi connectivity index (χ2v) is 5.37. The molecule has 0 bridgehead atoms. The summed E-state index contributed by atoms with van der Waals surface area (Å²) >= 11 is 1.21. The zero-order chi connectivity index (χ0) is 14.7. The fraction of sp³-hybridized carbons (Fsp3) is 0.273. The maximum Gasteiger partial charge on any atom is 0.237 e. The number of nitrogens with zero attached hydrogens (tertiary/aromatic N) is 4. The molecule has 2 rings (SSSR count). The molecule has 20 heavy (non-hydrogen) atoms. The summed E-state index contributed by atoms with van der Waals surface area (Å²) in [4.78, 5) is 12.0. The minimum atomic E-state index is -0.451. The summed E-state index contributed by atoms with van der Waals surface area (Å²) in [5.74, 6) is -0.718. The molecule has 0 radical (unpaired) electrons. The smallest absolute Gasteiger partial charge is 0.237 e. The van der Waals surface area contributed by atoms with E-state index < -0.39 is 11.1 Å². The number of amides is 1. The largest absolute Gasteiger partial charge is 0.397 e. The average molecular weight is 296 g/mol. The quantitative estimate of drug-likeness (QED) is 0.646. The summed E-state index contributed by atoms with van der Waals surface area (Å²) in [5, 5.41) is 13.7. The van der Waals surface area contributed by atoms with Gasteiger partial charge in [0.25, 0.3) is 0 Å². The third-order valence-electron chi connectivity index (χ3n) is 2.50. The molecule has 106 valence electrons. The van der Waals surface area contributed by atoms with Crippen LogP contribution in [-0.4, -0.2) is 31.4 Å². The SMILES string of the molecule is CC(Sc1nnnn1C)C(=O)Nc1ccc(F)cc1N. The number of hydrogen-bond donors (Lipinski definition) is 2. The van der Waals surface area contributed by atoms with Crippen molar-refractivity contribution in [1.82, 2.24) is 20.2 Å². The van der Waals surface area contributed by atoms with Gasteiger partial charge in [-0.05, 0) is 35.5 Å². The first kappa shape index (κ1) is 14.3. The lowest BCUT2D eigenvalue weighted by Crippen LogP contribution is -2.23. The Morgan fingerprint density at radius 3 is 2.90 bits per heavy atom. The molecular formula is C11H13FN6OS. The summed E-state index contributed by atoms with van der Waals surface area (Å²) in [6.07, 6.45) is 0. The predicted molar refractivity (Wildman–Crippen MR) is 73.6 cm³/mol. The number of aryl methyl sites for hydroxylation is 1. The van der Waals surface area contributed by atoms with Crippen LogP contribution in [0.3, 0.4) is 0 Å².